The molecule has 12 heteroatoms. The molecule has 0 spiro atoms. The number of rotatable bonds is 18. The van der Waals surface area contributed by atoms with Gasteiger partial charge in [0.1, 0.15) is 11.8 Å². The molecule has 0 aromatic carbocycles. The zero-order valence-electron chi connectivity index (χ0n) is 21.8. The lowest BCUT2D eigenvalue weighted by Gasteiger charge is -2.35. The van der Waals surface area contributed by atoms with Gasteiger partial charge in [0.25, 0.3) is 0 Å². The van der Waals surface area contributed by atoms with Crippen molar-refractivity contribution in [2.75, 3.05) is 19.7 Å². The smallest absolute Gasteiger partial charge is 0.328 e. The van der Waals surface area contributed by atoms with E-state index in [4.69, 9.17) is 10.2 Å². The number of carboxylic acid groups (broad SMARTS) is 1. The minimum Gasteiger partial charge on any atom is -0.480 e. The van der Waals surface area contributed by atoms with Crippen molar-refractivity contribution in [3.8, 4) is 0 Å². The lowest BCUT2D eigenvalue weighted by molar-refractivity contribution is -0.142. The second-order valence-electron chi connectivity index (χ2n) is 9.92. The molecule has 0 aliphatic rings. The molecule has 12 nitrogen and oxygen atoms in total. The first-order chi connectivity index (χ1) is 16.6. The molecule has 0 aromatic heterocycles. The Morgan fingerprint density at radius 2 is 1.50 bits per heavy atom. The Kier molecular flexibility index (Phi) is 14.1. The highest BCUT2D eigenvalue weighted by molar-refractivity contribution is 5.92. The molecule has 206 valence electrons. The molecule has 6 N–H and O–H groups in total. The number of nitrogens with one attached hydrogen (secondary N) is 3. The number of hydrogen-bond acceptors (Lipinski definition) is 8. The van der Waals surface area contributed by atoms with E-state index >= 15 is 0 Å². The number of aliphatic hydroxyl groups is 2. The van der Waals surface area contributed by atoms with Gasteiger partial charge in [0, 0.05) is 30.1 Å². The predicted octanol–water partition coefficient (Wildman–Crippen LogP) is -0.307. The van der Waals surface area contributed by atoms with E-state index in [9.17, 15) is 33.9 Å². The molecule has 0 saturated heterocycles. The molecule has 0 heterocycles. The number of carbonyl (C=O) groups excluding carboxylic acids is 5. The van der Waals surface area contributed by atoms with Gasteiger partial charge in [-0.15, -0.1) is 0 Å². The highest BCUT2D eigenvalue weighted by atomic mass is 16.4. The minimum absolute atomic E-state index is 0.0302. The van der Waals surface area contributed by atoms with Crippen LogP contribution in [-0.4, -0.2) is 82.4 Å². The van der Waals surface area contributed by atoms with Crippen LogP contribution in [0.2, 0.25) is 0 Å². The molecule has 0 radical (unpaired) electrons. The van der Waals surface area contributed by atoms with E-state index in [2.05, 4.69) is 10.6 Å². The van der Waals surface area contributed by atoms with E-state index in [1.165, 1.54) is 0 Å². The third-order valence-corrected chi connectivity index (χ3v) is 6.03. The standard InChI is InChI=1S/C24H41N3O9/c1-6-24(5,18(31)9-7-15(2)29)14-23(3,4)22(36)26-11-16(30)8-10-19(32)25-12-20(33)27-17(13-28)21(34)35/h15,17,28-29H,6-14H2,1-5H3,(H,25,32)(H,26,36)(H,27,33)(H,34,35). The van der Waals surface area contributed by atoms with Gasteiger partial charge in [-0.3, -0.25) is 24.0 Å². The average molecular weight is 516 g/mol. The van der Waals surface area contributed by atoms with E-state index in [0.717, 1.165) is 0 Å². The number of ketones is 2. The normalized spacial score (nSPS) is 14.6. The van der Waals surface area contributed by atoms with Crippen molar-refractivity contribution >= 4 is 35.3 Å². The van der Waals surface area contributed by atoms with Crippen LogP contribution in [0.5, 0.6) is 0 Å². The van der Waals surface area contributed by atoms with Crippen LogP contribution in [0.25, 0.3) is 0 Å². The Hall–Kier alpha value is -2.86. The molecule has 0 aromatic rings. The van der Waals surface area contributed by atoms with E-state index in [-0.39, 0.29) is 38.0 Å². The molecule has 3 unspecified atom stereocenters. The van der Waals surface area contributed by atoms with Crippen molar-refractivity contribution in [2.45, 2.75) is 85.3 Å². The number of carbonyl (C=O) groups is 6. The van der Waals surface area contributed by atoms with Gasteiger partial charge in [-0.2, -0.15) is 0 Å². The Balaban J connectivity index is 4.59. The van der Waals surface area contributed by atoms with Crippen LogP contribution < -0.4 is 16.0 Å². The Morgan fingerprint density at radius 3 is 2.00 bits per heavy atom. The summed E-state index contributed by atoms with van der Waals surface area (Å²) < 4.78 is 0. The van der Waals surface area contributed by atoms with Crippen LogP contribution >= 0.6 is 0 Å². The number of amides is 3. The first-order valence-electron chi connectivity index (χ1n) is 12.0. The molecule has 0 saturated carbocycles. The largest absolute Gasteiger partial charge is 0.480 e. The first kappa shape index (κ1) is 33.1. The van der Waals surface area contributed by atoms with Crippen molar-refractivity contribution in [1.82, 2.24) is 16.0 Å². The fourth-order valence-corrected chi connectivity index (χ4v) is 3.58. The molecule has 0 rings (SSSR count). The maximum absolute atomic E-state index is 12.7. The van der Waals surface area contributed by atoms with Gasteiger partial charge >= 0.3 is 5.97 Å². The number of hydrogen-bond donors (Lipinski definition) is 6. The summed E-state index contributed by atoms with van der Waals surface area (Å²) in [6.45, 7) is 7.02. The van der Waals surface area contributed by atoms with E-state index in [0.29, 0.717) is 12.8 Å². The van der Waals surface area contributed by atoms with Crippen LogP contribution in [0.1, 0.15) is 73.1 Å². The van der Waals surface area contributed by atoms with Crippen molar-refractivity contribution in [3.05, 3.63) is 0 Å². The summed E-state index contributed by atoms with van der Waals surface area (Å²) in [7, 11) is 0. The maximum atomic E-state index is 12.7. The molecular formula is C24H41N3O9. The molecule has 0 aliphatic heterocycles. The Labute approximate surface area is 211 Å². The van der Waals surface area contributed by atoms with Gasteiger partial charge in [0.15, 0.2) is 5.78 Å². The number of carboxylic acids is 1. The maximum Gasteiger partial charge on any atom is 0.328 e. The molecule has 3 atom stereocenters. The van der Waals surface area contributed by atoms with Crippen LogP contribution in [0.4, 0.5) is 0 Å². The fourth-order valence-electron chi connectivity index (χ4n) is 3.58. The summed E-state index contributed by atoms with van der Waals surface area (Å²) in [5.74, 6) is -3.69. The van der Waals surface area contributed by atoms with Gasteiger partial charge in [0.2, 0.25) is 17.7 Å². The monoisotopic (exact) mass is 515 g/mol. The summed E-state index contributed by atoms with van der Waals surface area (Å²) in [6.07, 6.45) is 0.325. The molecule has 0 fully saturated rings. The average Bonchev–Trinajstić information content (AvgIpc) is 2.80. The number of aliphatic hydroxyl groups excluding tert-OH is 2. The van der Waals surface area contributed by atoms with Gasteiger partial charge in [0.05, 0.1) is 25.8 Å². The molecule has 36 heavy (non-hydrogen) atoms. The third kappa shape index (κ3) is 12.2. The van der Waals surface area contributed by atoms with E-state index in [1.54, 1.807) is 27.7 Å². The number of Topliss-reactive ketones (excluding diaryl/α,β-unsaturated/α-hetero) is 2. The predicted molar refractivity (Wildman–Crippen MR) is 130 cm³/mol. The lowest BCUT2D eigenvalue weighted by Crippen LogP contribution is -2.47. The molecule has 0 aliphatic carbocycles. The highest BCUT2D eigenvalue weighted by Crippen LogP contribution is 2.38. The second-order valence-corrected chi connectivity index (χ2v) is 9.92. The summed E-state index contributed by atoms with van der Waals surface area (Å²) in [5, 5.41) is 33.9. The lowest BCUT2D eigenvalue weighted by atomic mass is 9.69. The zero-order valence-corrected chi connectivity index (χ0v) is 21.8. The Bertz CT molecular complexity index is 811. The minimum atomic E-state index is -1.48. The summed E-state index contributed by atoms with van der Waals surface area (Å²) in [6, 6.07) is -1.48. The first-order valence-corrected chi connectivity index (χ1v) is 12.0. The van der Waals surface area contributed by atoms with Crippen molar-refractivity contribution in [2.24, 2.45) is 10.8 Å². The summed E-state index contributed by atoms with van der Waals surface area (Å²) in [4.78, 5) is 71.8. The van der Waals surface area contributed by atoms with Crippen LogP contribution in [0.3, 0.4) is 0 Å². The zero-order chi connectivity index (χ0) is 28.1. The van der Waals surface area contributed by atoms with Gasteiger partial charge in [-0.1, -0.05) is 27.7 Å². The van der Waals surface area contributed by atoms with Gasteiger partial charge < -0.3 is 31.3 Å². The SMILES string of the molecule is CCC(C)(CC(C)(C)C(=O)NCC(=O)CCC(=O)NCC(=O)NC(CO)C(=O)O)C(=O)CCC(C)O. The summed E-state index contributed by atoms with van der Waals surface area (Å²) in [5.41, 5.74) is -1.70. The van der Waals surface area contributed by atoms with Crippen molar-refractivity contribution < 1.29 is 44.1 Å². The molecule has 3 amide bonds. The van der Waals surface area contributed by atoms with Crippen LogP contribution in [0, 0.1) is 10.8 Å². The van der Waals surface area contributed by atoms with E-state index < -0.39 is 65.6 Å². The third-order valence-electron chi connectivity index (χ3n) is 6.03. The molecule has 0 bridgehead atoms. The second kappa shape index (κ2) is 15.3. The van der Waals surface area contributed by atoms with E-state index in [1.807, 2.05) is 12.2 Å². The Morgan fingerprint density at radius 1 is 0.889 bits per heavy atom. The van der Waals surface area contributed by atoms with Crippen molar-refractivity contribution in [1.29, 1.82) is 0 Å². The van der Waals surface area contributed by atoms with Crippen LogP contribution in [0.15, 0.2) is 0 Å². The highest BCUT2D eigenvalue weighted by Gasteiger charge is 2.40. The van der Waals surface area contributed by atoms with Crippen LogP contribution in [-0.2, 0) is 28.8 Å². The number of aliphatic carboxylic acids is 1. The summed E-state index contributed by atoms with van der Waals surface area (Å²) >= 11 is 0. The fraction of sp³-hybridized carbons (Fsp3) is 0.750. The van der Waals surface area contributed by atoms with Crippen molar-refractivity contribution in [3.63, 3.8) is 0 Å². The van der Waals surface area contributed by atoms with Gasteiger partial charge in [-0.05, 0) is 26.2 Å². The van der Waals surface area contributed by atoms with Gasteiger partial charge in [-0.25, -0.2) is 4.79 Å². The molecular weight excluding hydrogens is 474 g/mol. The topological polar surface area (TPSA) is 199 Å². The quantitative estimate of drug-likeness (QED) is 0.142.